The lowest BCUT2D eigenvalue weighted by Gasteiger charge is -2.27. The van der Waals surface area contributed by atoms with Crippen LogP contribution in [0.15, 0.2) is 24.3 Å². The summed E-state index contributed by atoms with van der Waals surface area (Å²) in [5.74, 6) is -3.02. The van der Waals surface area contributed by atoms with Gasteiger partial charge in [0.25, 0.3) is 11.5 Å². The van der Waals surface area contributed by atoms with E-state index in [0.717, 1.165) is 18.2 Å². The maximum Gasteiger partial charge on any atom is 0.430 e. The molecule has 1 unspecified atom stereocenters. The third-order valence-electron chi connectivity index (χ3n) is 2.01. The highest BCUT2D eigenvalue weighted by atomic mass is 19.4. The molecule has 1 atom stereocenters. The molecule has 88 valence electrons. The van der Waals surface area contributed by atoms with Gasteiger partial charge in [-0.1, -0.05) is 12.1 Å². The number of benzene rings is 1. The van der Waals surface area contributed by atoms with E-state index in [1.54, 1.807) is 0 Å². The third kappa shape index (κ3) is 1.85. The molecular weight excluding hydrogens is 230 g/mol. The van der Waals surface area contributed by atoms with E-state index < -0.39 is 29.1 Å². The highest BCUT2D eigenvalue weighted by molar-refractivity contribution is 5.85. The lowest BCUT2D eigenvalue weighted by Crippen LogP contribution is -2.52. The van der Waals surface area contributed by atoms with E-state index >= 15 is 0 Å². The molecule has 0 aliphatic heterocycles. The van der Waals surface area contributed by atoms with Gasteiger partial charge in [0.15, 0.2) is 0 Å². The van der Waals surface area contributed by atoms with Crippen LogP contribution in [0.2, 0.25) is 0 Å². The van der Waals surface area contributed by atoms with Gasteiger partial charge in [-0.3, -0.25) is 4.79 Å². The van der Waals surface area contributed by atoms with E-state index in [4.69, 9.17) is 0 Å². The zero-order chi connectivity index (χ0) is 12.6. The van der Waals surface area contributed by atoms with Gasteiger partial charge in [-0.2, -0.15) is 13.2 Å². The molecule has 0 fully saturated rings. The molecule has 0 bridgehead atoms. The molecule has 0 aliphatic rings. The van der Waals surface area contributed by atoms with Crippen molar-refractivity contribution in [3.8, 4) is 0 Å². The number of primary amides is 1. The molecule has 0 spiro atoms. The van der Waals surface area contributed by atoms with Gasteiger partial charge in [-0.15, -0.1) is 0 Å². The van der Waals surface area contributed by atoms with Crippen molar-refractivity contribution in [1.29, 1.82) is 0 Å². The fourth-order valence-electron chi connectivity index (χ4n) is 1.16. The monoisotopic (exact) mass is 237 g/mol. The summed E-state index contributed by atoms with van der Waals surface area (Å²) in [5, 5.41) is 9.25. The fraction of sp³-hybridized carbons (Fsp3) is 0.222. The Kier molecular flexibility index (Phi) is 2.91. The number of rotatable bonds is 2. The zero-order valence-electron chi connectivity index (χ0n) is 7.75. The molecule has 3 nitrogen and oxygen atoms in total. The minimum atomic E-state index is -5.31. The molecule has 16 heavy (non-hydrogen) atoms. The molecule has 0 saturated carbocycles. The van der Waals surface area contributed by atoms with Crippen LogP contribution in [0.1, 0.15) is 5.56 Å². The molecule has 7 heteroatoms. The standard InChI is InChI=1S/C9H7F4NO2/c10-6-3-1-2-5(4-6)8(16,7(14)15)9(11,12)13/h1-4,16H,(H2,14,15). The van der Waals surface area contributed by atoms with Gasteiger partial charge in [0.05, 0.1) is 0 Å². The Bertz CT molecular complexity index is 418. The first-order valence-electron chi connectivity index (χ1n) is 4.04. The van der Waals surface area contributed by atoms with Crippen molar-refractivity contribution in [1.82, 2.24) is 0 Å². The predicted octanol–water partition coefficient (Wildman–Crippen LogP) is 1.06. The lowest BCUT2D eigenvalue weighted by atomic mass is 9.92. The van der Waals surface area contributed by atoms with Gasteiger partial charge in [0.2, 0.25) is 0 Å². The lowest BCUT2D eigenvalue weighted by molar-refractivity contribution is -0.255. The van der Waals surface area contributed by atoms with Crippen LogP contribution in [0.25, 0.3) is 0 Å². The maximum absolute atomic E-state index is 12.7. The van der Waals surface area contributed by atoms with Crippen molar-refractivity contribution in [2.24, 2.45) is 5.73 Å². The minimum Gasteiger partial charge on any atom is -0.369 e. The van der Waals surface area contributed by atoms with Gasteiger partial charge in [-0.25, -0.2) is 4.39 Å². The first-order chi connectivity index (χ1) is 7.19. The minimum absolute atomic E-state index is 0.401. The first-order valence-corrected chi connectivity index (χ1v) is 4.04. The number of amides is 1. The van der Waals surface area contributed by atoms with Gasteiger partial charge in [0, 0.05) is 5.56 Å². The molecule has 0 heterocycles. The Morgan fingerprint density at radius 2 is 1.88 bits per heavy atom. The zero-order valence-corrected chi connectivity index (χ0v) is 7.75. The Balaban J connectivity index is 3.39. The summed E-state index contributed by atoms with van der Waals surface area (Å²) in [4.78, 5) is 10.7. The molecule has 0 aliphatic carbocycles. The van der Waals surface area contributed by atoms with Crippen LogP contribution in [-0.4, -0.2) is 17.2 Å². The average molecular weight is 237 g/mol. The topological polar surface area (TPSA) is 63.3 Å². The van der Waals surface area contributed by atoms with Crippen LogP contribution in [-0.2, 0) is 10.4 Å². The third-order valence-corrected chi connectivity index (χ3v) is 2.01. The fourth-order valence-corrected chi connectivity index (χ4v) is 1.16. The molecule has 1 amide bonds. The highest BCUT2D eigenvalue weighted by Gasteiger charge is 2.60. The van der Waals surface area contributed by atoms with Crippen molar-refractivity contribution in [3.63, 3.8) is 0 Å². The largest absolute Gasteiger partial charge is 0.430 e. The summed E-state index contributed by atoms with van der Waals surface area (Å²) in [5.41, 5.74) is -0.323. The highest BCUT2D eigenvalue weighted by Crippen LogP contribution is 2.38. The average Bonchev–Trinajstić information content (AvgIpc) is 2.14. The van der Waals surface area contributed by atoms with Crippen molar-refractivity contribution in [3.05, 3.63) is 35.6 Å². The number of alkyl halides is 3. The van der Waals surface area contributed by atoms with Crippen molar-refractivity contribution in [2.45, 2.75) is 11.8 Å². The van der Waals surface area contributed by atoms with Crippen molar-refractivity contribution in [2.75, 3.05) is 0 Å². The number of halogens is 4. The van der Waals surface area contributed by atoms with Gasteiger partial charge < -0.3 is 10.8 Å². The van der Waals surface area contributed by atoms with Crippen LogP contribution < -0.4 is 5.73 Å². The van der Waals surface area contributed by atoms with Crippen LogP contribution >= 0.6 is 0 Å². The van der Waals surface area contributed by atoms with Crippen LogP contribution in [0.5, 0.6) is 0 Å². The molecular formula is C9H7F4NO2. The second kappa shape index (κ2) is 3.75. The molecule has 0 aromatic heterocycles. The molecule has 0 radical (unpaired) electrons. The van der Waals surface area contributed by atoms with Crippen molar-refractivity contribution >= 4 is 5.91 Å². The summed E-state index contributed by atoms with van der Waals surface area (Å²) < 4.78 is 50.2. The van der Waals surface area contributed by atoms with E-state index in [2.05, 4.69) is 5.73 Å². The summed E-state index contributed by atoms with van der Waals surface area (Å²) in [7, 11) is 0. The smallest absolute Gasteiger partial charge is 0.369 e. The Morgan fingerprint density at radius 1 is 1.31 bits per heavy atom. The molecule has 0 saturated heterocycles. The van der Waals surface area contributed by atoms with Gasteiger partial charge >= 0.3 is 6.18 Å². The second-order valence-corrected chi connectivity index (χ2v) is 3.08. The quantitative estimate of drug-likeness (QED) is 0.755. The van der Waals surface area contributed by atoms with Gasteiger partial charge in [0.1, 0.15) is 5.82 Å². The van der Waals surface area contributed by atoms with Crippen LogP contribution in [0.4, 0.5) is 17.6 Å². The molecule has 3 N–H and O–H groups in total. The van der Waals surface area contributed by atoms with E-state index in [9.17, 15) is 27.5 Å². The summed E-state index contributed by atoms with van der Waals surface area (Å²) >= 11 is 0. The van der Waals surface area contributed by atoms with Crippen LogP contribution in [0, 0.1) is 5.82 Å². The van der Waals surface area contributed by atoms with Crippen molar-refractivity contribution < 1.29 is 27.5 Å². The predicted molar refractivity (Wildman–Crippen MR) is 45.5 cm³/mol. The molecule has 1 aromatic carbocycles. The number of carbonyl (C=O) groups excluding carboxylic acids is 1. The Hall–Kier alpha value is -1.63. The normalized spacial score (nSPS) is 15.6. The van der Waals surface area contributed by atoms with Gasteiger partial charge in [-0.05, 0) is 12.1 Å². The molecule has 1 rings (SSSR count). The van der Waals surface area contributed by atoms with E-state index in [0.29, 0.717) is 6.07 Å². The number of hydrogen-bond donors (Lipinski definition) is 2. The number of nitrogens with two attached hydrogens (primary N) is 1. The van der Waals surface area contributed by atoms with E-state index in [1.165, 1.54) is 0 Å². The second-order valence-electron chi connectivity index (χ2n) is 3.08. The van der Waals surface area contributed by atoms with E-state index in [1.807, 2.05) is 0 Å². The number of aliphatic hydroxyl groups is 1. The molecule has 1 aromatic rings. The maximum atomic E-state index is 12.7. The summed E-state index contributed by atoms with van der Waals surface area (Å²) in [6.07, 6.45) is -5.31. The SMILES string of the molecule is NC(=O)C(O)(c1cccc(F)c1)C(F)(F)F. The first kappa shape index (κ1) is 12.4. The Morgan fingerprint density at radius 3 is 2.25 bits per heavy atom. The Labute approximate surface area is 87.5 Å². The number of hydrogen-bond acceptors (Lipinski definition) is 2. The van der Waals surface area contributed by atoms with E-state index in [-0.39, 0.29) is 0 Å². The van der Waals surface area contributed by atoms with Crippen LogP contribution in [0.3, 0.4) is 0 Å². The summed E-state index contributed by atoms with van der Waals surface area (Å²) in [6, 6.07) is 2.98. The number of carbonyl (C=O) groups is 1. The summed E-state index contributed by atoms with van der Waals surface area (Å²) in [6.45, 7) is 0.